The number of fused-ring (bicyclic) bond motifs is 5. The Morgan fingerprint density at radius 2 is 1.53 bits per heavy atom. The highest BCUT2D eigenvalue weighted by molar-refractivity contribution is 5.84. The van der Waals surface area contributed by atoms with Gasteiger partial charge >= 0.3 is 0 Å². The minimum absolute atomic E-state index is 0.730. The summed E-state index contributed by atoms with van der Waals surface area (Å²) < 4.78 is 2.09. The predicted octanol–water partition coefficient (Wildman–Crippen LogP) is 5.54. The van der Waals surface area contributed by atoms with Crippen LogP contribution in [0.1, 0.15) is 24.0 Å². The number of aliphatic hydroxyl groups is 1. The molecular weight excluding hydrogens is 472 g/mol. The van der Waals surface area contributed by atoms with Gasteiger partial charge in [-0.1, -0.05) is 66.7 Å². The average Bonchev–Trinajstić information content (AvgIpc) is 3.35. The van der Waals surface area contributed by atoms with Gasteiger partial charge in [-0.25, -0.2) is 4.98 Å². The molecule has 0 bridgehead atoms. The summed E-state index contributed by atoms with van der Waals surface area (Å²) in [7, 11) is 0. The highest BCUT2D eigenvalue weighted by Gasteiger charge is 2.33. The quantitative estimate of drug-likeness (QED) is 0.331. The first-order valence-corrected chi connectivity index (χ1v) is 13.0. The summed E-state index contributed by atoms with van der Waals surface area (Å²) in [5.41, 5.74) is 5.39. The second-order valence-electron chi connectivity index (χ2n) is 10.1. The zero-order chi connectivity index (χ0) is 25.5. The van der Waals surface area contributed by atoms with Crippen LogP contribution in [0.4, 0.5) is 11.5 Å². The lowest BCUT2D eigenvalue weighted by Gasteiger charge is -2.38. The molecule has 0 unspecified atom stereocenters. The Kier molecular flexibility index (Phi) is 5.53. The van der Waals surface area contributed by atoms with Gasteiger partial charge in [0.1, 0.15) is 0 Å². The number of rotatable bonds is 4. The van der Waals surface area contributed by atoms with Gasteiger partial charge in [0.25, 0.3) is 0 Å². The molecule has 0 radical (unpaired) electrons. The van der Waals surface area contributed by atoms with Crippen molar-refractivity contribution in [2.45, 2.75) is 25.0 Å². The summed E-state index contributed by atoms with van der Waals surface area (Å²) in [6.07, 6.45) is 3.27. The monoisotopic (exact) mass is 500 g/mol. The fraction of sp³-hybridized carbons (Fsp3) is 0.194. The van der Waals surface area contributed by atoms with Crippen molar-refractivity contribution in [3.05, 3.63) is 108 Å². The summed E-state index contributed by atoms with van der Waals surface area (Å²) in [6, 6.07) is 30.7. The zero-order valence-corrected chi connectivity index (χ0v) is 21.0. The highest BCUT2D eigenvalue weighted by Crippen LogP contribution is 2.39. The first kappa shape index (κ1) is 22.8. The standard InChI is InChI=1S/C31H28N6O/c38-31(24-7-2-1-3-8-24)16-19-36(20-17-31)21-22-12-14-23(15-13-22)29-34-35-30-25-9-4-5-10-26(25)33-28-27(37(29)30)11-6-18-32-28/h1-15,18,38H,16-17,19-21H2,(H,32,33). The van der Waals surface area contributed by atoms with Crippen LogP contribution in [0.2, 0.25) is 0 Å². The molecule has 2 aromatic heterocycles. The van der Waals surface area contributed by atoms with E-state index < -0.39 is 5.60 Å². The maximum atomic E-state index is 11.2. The second kappa shape index (κ2) is 9.20. The molecule has 7 nitrogen and oxygen atoms in total. The van der Waals surface area contributed by atoms with Gasteiger partial charge in [0.2, 0.25) is 0 Å². The largest absolute Gasteiger partial charge is 0.385 e. The van der Waals surface area contributed by atoms with Crippen LogP contribution in [0.25, 0.3) is 28.5 Å². The topological polar surface area (TPSA) is 79.1 Å². The summed E-state index contributed by atoms with van der Waals surface area (Å²) in [5, 5.41) is 23.8. The number of hydrogen-bond acceptors (Lipinski definition) is 6. The van der Waals surface area contributed by atoms with E-state index in [-0.39, 0.29) is 0 Å². The molecule has 7 rings (SSSR count). The predicted molar refractivity (Wildman–Crippen MR) is 148 cm³/mol. The van der Waals surface area contributed by atoms with Gasteiger partial charge in [0.05, 0.1) is 17.0 Å². The third-order valence-corrected chi connectivity index (χ3v) is 7.72. The molecule has 2 N–H and O–H groups in total. The molecule has 2 aliphatic rings. The van der Waals surface area contributed by atoms with Crippen molar-refractivity contribution in [3.63, 3.8) is 0 Å². The summed E-state index contributed by atoms with van der Waals surface area (Å²) >= 11 is 0. The third kappa shape index (κ3) is 3.97. The van der Waals surface area contributed by atoms with Crippen molar-refractivity contribution in [2.24, 2.45) is 0 Å². The van der Waals surface area contributed by atoms with E-state index in [9.17, 15) is 5.11 Å². The smallest absolute Gasteiger partial charge is 0.171 e. The number of piperidine rings is 1. The van der Waals surface area contributed by atoms with Crippen LogP contribution in [0.15, 0.2) is 97.2 Å². The number of hydrogen-bond donors (Lipinski definition) is 2. The molecular formula is C31H28N6O. The van der Waals surface area contributed by atoms with E-state index in [1.54, 1.807) is 6.20 Å². The first-order chi connectivity index (χ1) is 18.7. The fourth-order valence-corrected chi connectivity index (χ4v) is 5.60. The number of nitrogens with zero attached hydrogens (tertiary/aromatic N) is 5. The lowest BCUT2D eigenvalue weighted by molar-refractivity contribution is -0.0277. The Morgan fingerprint density at radius 3 is 2.34 bits per heavy atom. The number of likely N-dealkylation sites (tertiary alicyclic amines) is 1. The third-order valence-electron chi connectivity index (χ3n) is 7.72. The molecule has 0 amide bonds. The van der Waals surface area contributed by atoms with Crippen LogP contribution in [-0.4, -0.2) is 42.8 Å². The molecule has 188 valence electrons. The number of anilines is 2. The molecule has 7 heteroatoms. The molecule has 4 heterocycles. The van der Waals surface area contributed by atoms with Gasteiger partial charge in [-0.2, -0.15) is 0 Å². The lowest BCUT2D eigenvalue weighted by Crippen LogP contribution is -2.42. The maximum absolute atomic E-state index is 11.2. The normalized spacial score (nSPS) is 16.0. The van der Waals surface area contributed by atoms with Crippen LogP contribution < -0.4 is 5.32 Å². The molecule has 3 aromatic carbocycles. The molecule has 1 saturated heterocycles. The van der Waals surface area contributed by atoms with E-state index in [4.69, 9.17) is 0 Å². The second-order valence-corrected chi connectivity index (χ2v) is 10.1. The molecule has 0 aliphatic carbocycles. The van der Waals surface area contributed by atoms with Crippen LogP contribution in [0.3, 0.4) is 0 Å². The molecule has 0 saturated carbocycles. The van der Waals surface area contributed by atoms with Gasteiger partial charge in [-0.05, 0) is 48.2 Å². The van der Waals surface area contributed by atoms with E-state index in [1.165, 1.54) is 5.56 Å². The number of pyridine rings is 1. The van der Waals surface area contributed by atoms with Gasteiger partial charge < -0.3 is 10.4 Å². The fourth-order valence-electron chi connectivity index (χ4n) is 5.60. The highest BCUT2D eigenvalue weighted by atomic mass is 16.3. The number of aromatic nitrogens is 4. The van der Waals surface area contributed by atoms with Crippen LogP contribution in [0.5, 0.6) is 0 Å². The van der Waals surface area contributed by atoms with Crippen LogP contribution in [-0.2, 0) is 12.1 Å². The van der Waals surface area contributed by atoms with Gasteiger partial charge in [0, 0.05) is 37.0 Å². The Morgan fingerprint density at radius 1 is 0.789 bits per heavy atom. The van der Waals surface area contributed by atoms with Crippen molar-refractivity contribution >= 4 is 11.5 Å². The van der Waals surface area contributed by atoms with E-state index in [2.05, 4.69) is 60.3 Å². The molecule has 5 aromatic rings. The SMILES string of the molecule is OC1(c2ccccc2)CCN(Cc2ccc(-c3nnc4n3-c3cccnc3Nc3ccccc3-4)cc2)CC1. The summed E-state index contributed by atoms with van der Waals surface area (Å²) in [5.74, 6) is 2.35. The van der Waals surface area contributed by atoms with Crippen molar-refractivity contribution in [1.29, 1.82) is 0 Å². The average molecular weight is 501 g/mol. The number of para-hydroxylation sites is 1. The Balaban J connectivity index is 1.14. The van der Waals surface area contributed by atoms with Gasteiger partial charge in [-0.15, -0.1) is 10.2 Å². The van der Waals surface area contributed by atoms with Crippen LogP contribution >= 0.6 is 0 Å². The summed E-state index contributed by atoms with van der Waals surface area (Å²) in [4.78, 5) is 7.01. The number of nitrogens with one attached hydrogen (secondary N) is 1. The Hall–Kier alpha value is -4.33. The van der Waals surface area contributed by atoms with E-state index in [1.807, 2.05) is 60.7 Å². The van der Waals surface area contributed by atoms with E-state index >= 15 is 0 Å². The zero-order valence-electron chi connectivity index (χ0n) is 21.0. The minimum Gasteiger partial charge on any atom is -0.385 e. The molecule has 0 atom stereocenters. The van der Waals surface area contributed by atoms with Gasteiger partial charge in [-0.3, -0.25) is 9.47 Å². The number of benzene rings is 3. The van der Waals surface area contributed by atoms with Crippen molar-refractivity contribution in [1.82, 2.24) is 24.6 Å². The van der Waals surface area contributed by atoms with Crippen molar-refractivity contribution < 1.29 is 5.11 Å². The molecule has 0 spiro atoms. The first-order valence-electron chi connectivity index (χ1n) is 13.0. The van der Waals surface area contributed by atoms with E-state index in [0.717, 1.165) is 78.0 Å². The van der Waals surface area contributed by atoms with Crippen molar-refractivity contribution in [3.8, 4) is 28.5 Å². The Labute approximate surface area is 221 Å². The van der Waals surface area contributed by atoms with Gasteiger partial charge in [0.15, 0.2) is 17.5 Å². The van der Waals surface area contributed by atoms with Crippen LogP contribution in [0, 0.1) is 0 Å². The van der Waals surface area contributed by atoms with E-state index in [0.29, 0.717) is 0 Å². The molecule has 38 heavy (non-hydrogen) atoms. The molecule has 1 fully saturated rings. The van der Waals surface area contributed by atoms with Crippen molar-refractivity contribution in [2.75, 3.05) is 18.4 Å². The molecule has 2 aliphatic heterocycles. The maximum Gasteiger partial charge on any atom is 0.171 e. The summed E-state index contributed by atoms with van der Waals surface area (Å²) in [6.45, 7) is 2.58. The minimum atomic E-state index is -0.730. The lowest BCUT2D eigenvalue weighted by atomic mass is 9.84. The Bertz CT molecular complexity index is 1590.